The van der Waals surface area contributed by atoms with Crippen molar-refractivity contribution in [2.24, 2.45) is 5.92 Å². The lowest BCUT2D eigenvalue weighted by molar-refractivity contribution is -0.117. The summed E-state index contributed by atoms with van der Waals surface area (Å²) in [5.74, 6) is 0.161. The zero-order valence-corrected chi connectivity index (χ0v) is 9.95. The molecule has 0 saturated heterocycles. The van der Waals surface area contributed by atoms with Gasteiger partial charge in [-0.1, -0.05) is 42.0 Å². The molecule has 0 heterocycles. The van der Waals surface area contributed by atoms with Gasteiger partial charge >= 0.3 is 0 Å². The molecule has 84 valence electrons. The summed E-state index contributed by atoms with van der Waals surface area (Å²) in [4.78, 5) is 11.9. The van der Waals surface area contributed by atoms with Gasteiger partial charge in [-0.2, -0.15) is 0 Å². The van der Waals surface area contributed by atoms with E-state index in [4.69, 9.17) is 11.6 Å². The van der Waals surface area contributed by atoms with E-state index in [1.165, 1.54) is 5.56 Å². The van der Waals surface area contributed by atoms with E-state index in [1.54, 1.807) is 6.08 Å². The van der Waals surface area contributed by atoms with Crippen molar-refractivity contribution in [3.8, 4) is 0 Å². The van der Waals surface area contributed by atoms with E-state index >= 15 is 0 Å². The molecule has 0 radical (unpaired) electrons. The Bertz CT molecular complexity index is 579. The first kappa shape index (κ1) is 10.5. The highest BCUT2D eigenvalue weighted by atomic mass is 35.5. The number of benzene rings is 1. The van der Waals surface area contributed by atoms with E-state index in [9.17, 15) is 4.79 Å². The third-order valence-corrected chi connectivity index (χ3v) is 3.52. The van der Waals surface area contributed by atoms with Crippen LogP contribution in [0.2, 0.25) is 5.02 Å². The molecule has 0 fully saturated rings. The normalized spacial score (nSPS) is 21.6. The zero-order chi connectivity index (χ0) is 11.8. The molecule has 1 aromatic rings. The fraction of sp³-hybridized carbons (Fsp3) is 0.133. The lowest BCUT2D eigenvalue weighted by Crippen LogP contribution is -2.18. The van der Waals surface area contributed by atoms with Gasteiger partial charge in [-0.05, 0) is 41.3 Å². The van der Waals surface area contributed by atoms with Crippen molar-refractivity contribution in [2.45, 2.75) is 6.42 Å². The maximum absolute atomic E-state index is 11.9. The fourth-order valence-corrected chi connectivity index (χ4v) is 2.53. The minimum atomic E-state index is -0.0290. The van der Waals surface area contributed by atoms with Gasteiger partial charge in [0.2, 0.25) is 0 Å². The molecule has 2 aliphatic carbocycles. The maximum Gasteiger partial charge on any atom is 0.163 e. The summed E-state index contributed by atoms with van der Waals surface area (Å²) in [5, 5.41) is 0.733. The van der Waals surface area contributed by atoms with E-state index in [-0.39, 0.29) is 11.7 Å². The highest BCUT2D eigenvalue weighted by Gasteiger charge is 2.24. The Kier molecular flexibility index (Phi) is 2.49. The Labute approximate surface area is 105 Å². The predicted octanol–water partition coefficient (Wildman–Crippen LogP) is 3.59. The van der Waals surface area contributed by atoms with Crippen molar-refractivity contribution >= 4 is 23.5 Å². The zero-order valence-electron chi connectivity index (χ0n) is 9.19. The van der Waals surface area contributed by atoms with Crippen LogP contribution in [0.25, 0.3) is 6.08 Å². The topological polar surface area (TPSA) is 17.1 Å². The first-order chi connectivity index (χ1) is 8.24. The van der Waals surface area contributed by atoms with Crippen LogP contribution in [-0.2, 0) is 11.2 Å². The molecule has 17 heavy (non-hydrogen) atoms. The van der Waals surface area contributed by atoms with E-state index in [0.717, 1.165) is 22.6 Å². The van der Waals surface area contributed by atoms with Crippen LogP contribution in [0, 0.1) is 5.92 Å². The average Bonchev–Trinajstić information content (AvgIpc) is 2.49. The molecule has 1 aromatic carbocycles. The summed E-state index contributed by atoms with van der Waals surface area (Å²) in [7, 11) is 0. The molecular formula is C15H11ClO. The van der Waals surface area contributed by atoms with Crippen molar-refractivity contribution in [1.29, 1.82) is 0 Å². The highest BCUT2D eigenvalue weighted by molar-refractivity contribution is 6.30. The Balaban J connectivity index is 2.09. The molecule has 0 aliphatic heterocycles. The minimum absolute atomic E-state index is 0.0290. The van der Waals surface area contributed by atoms with Crippen LogP contribution >= 0.6 is 11.6 Å². The average molecular weight is 243 g/mol. The van der Waals surface area contributed by atoms with Crippen LogP contribution in [0.15, 0.2) is 48.1 Å². The van der Waals surface area contributed by atoms with Crippen LogP contribution in [0.4, 0.5) is 0 Å². The molecule has 1 atom stereocenters. The van der Waals surface area contributed by atoms with Crippen molar-refractivity contribution in [3.63, 3.8) is 0 Å². The molecule has 1 unspecified atom stereocenters. The minimum Gasteiger partial charge on any atom is -0.294 e. The van der Waals surface area contributed by atoms with Gasteiger partial charge < -0.3 is 0 Å². The molecule has 0 amide bonds. The molecule has 0 aromatic heterocycles. The Morgan fingerprint density at radius 1 is 1.18 bits per heavy atom. The number of carbonyl (C=O) groups is 1. The number of rotatable bonds is 0. The van der Waals surface area contributed by atoms with Gasteiger partial charge in [0.15, 0.2) is 5.78 Å². The number of allylic oxidation sites excluding steroid dienone is 5. The van der Waals surface area contributed by atoms with Crippen molar-refractivity contribution in [3.05, 3.63) is 64.2 Å². The number of carbonyl (C=O) groups excluding carboxylic acids is 1. The second-order valence-corrected chi connectivity index (χ2v) is 4.80. The van der Waals surface area contributed by atoms with Gasteiger partial charge in [-0.15, -0.1) is 0 Å². The van der Waals surface area contributed by atoms with Crippen LogP contribution in [0.3, 0.4) is 0 Å². The standard InChI is InChI=1S/C15H11ClO/c16-13-7-6-12-9-14-10(2-1-3-15(14)17)4-5-11(12)8-13/h1-8,14H,9H2. The van der Waals surface area contributed by atoms with E-state index in [1.807, 2.05) is 42.5 Å². The summed E-state index contributed by atoms with van der Waals surface area (Å²) < 4.78 is 0. The quantitative estimate of drug-likeness (QED) is 0.680. The van der Waals surface area contributed by atoms with Gasteiger partial charge in [0.25, 0.3) is 0 Å². The lowest BCUT2D eigenvalue weighted by atomic mass is 9.86. The number of hydrogen-bond donors (Lipinski definition) is 0. The summed E-state index contributed by atoms with van der Waals surface area (Å²) in [6.07, 6.45) is 10.3. The molecule has 2 aliphatic rings. The van der Waals surface area contributed by atoms with Gasteiger partial charge in [-0.25, -0.2) is 0 Å². The summed E-state index contributed by atoms with van der Waals surface area (Å²) >= 11 is 5.98. The van der Waals surface area contributed by atoms with Crippen LogP contribution in [0.5, 0.6) is 0 Å². The van der Waals surface area contributed by atoms with Crippen LogP contribution in [0.1, 0.15) is 11.1 Å². The van der Waals surface area contributed by atoms with E-state index in [2.05, 4.69) is 0 Å². The van der Waals surface area contributed by atoms with Gasteiger partial charge in [0.05, 0.1) is 5.92 Å². The molecular weight excluding hydrogens is 232 g/mol. The number of fused-ring (bicyclic) bond motifs is 2. The molecule has 3 rings (SSSR count). The molecule has 0 N–H and O–H groups in total. The summed E-state index contributed by atoms with van der Waals surface area (Å²) in [5.41, 5.74) is 3.38. The van der Waals surface area contributed by atoms with Crippen LogP contribution in [-0.4, -0.2) is 5.78 Å². The van der Waals surface area contributed by atoms with E-state index in [0.29, 0.717) is 0 Å². The largest absolute Gasteiger partial charge is 0.294 e. The highest BCUT2D eigenvalue weighted by Crippen LogP contribution is 2.30. The first-order valence-corrected chi connectivity index (χ1v) is 6.00. The Hall–Kier alpha value is -1.60. The second-order valence-electron chi connectivity index (χ2n) is 4.36. The Morgan fingerprint density at radius 2 is 2.06 bits per heavy atom. The number of ketones is 1. The SMILES string of the molecule is O=C1C=CC=C2C=Cc3cc(Cl)ccc3CC12. The number of halogens is 1. The molecule has 0 bridgehead atoms. The van der Waals surface area contributed by atoms with Crippen LogP contribution < -0.4 is 0 Å². The third kappa shape index (κ3) is 1.87. The molecule has 1 nitrogen and oxygen atoms in total. The molecule has 0 saturated carbocycles. The smallest absolute Gasteiger partial charge is 0.163 e. The molecule has 2 heteroatoms. The summed E-state index contributed by atoms with van der Waals surface area (Å²) in [6.45, 7) is 0. The van der Waals surface area contributed by atoms with Gasteiger partial charge in [0.1, 0.15) is 0 Å². The number of hydrogen-bond acceptors (Lipinski definition) is 1. The van der Waals surface area contributed by atoms with Gasteiger partial charge in [0, 0.05) is 5.02 Å². The van der Waals surface area contributed by atoms with Crippen molar-refractivity contribution in [2.75, 3.05) is 0 Å². The van der Waals surface area contributed by atoms with Gasteiger partial charge in [-0.3, -0.25) is 4.79 Å². The lowest BCUT2D eigenvalue weighted by Gasteiger charge is -2.16. The summed E-state index contributed by atoms with van der Waals surface area (Å²) in [6, 6.07) is 5.84. The maximum atomic E-state index is 11.9. The predicted molar refractivity (Wildman–Crippen MR) is 69.9 cm³/mol. The Morgan fingerprint density at radius 3 is 2.94 bits per heavy atom. The van der Waals surface area contributed by atoms with Crippen molar-refractivity contribution in [1.82, 2.24) is 0 Å². The first-order valence-electron chi connectivity index (χ1n) is 5.62. The molecule has 0 spiro atoms. The van der Waals surface area contributed by atoms with Crippen molar-refractivity contribution < 1.29 is 4.79 Å². The fourth-order valence-electron chi connectivity index (χ4n) is 2.35. The van der Waals surface area contributed by atoms with E-state index < -0.39 is 0 Å². The monoisotopic (exact) mass is 242 g/mol. The third-order valence-electron chi connectivity index (χ3n) is 3.28. The second kappa shape index (κ2) is 4.01.